The van der Waals surface area contributed by atoms with Gasteiger partial charge >= 0.3 is 0 Å². The normalized spacial score (nSPS) is 15.5. The smallest absolute Gasteiger partial charge is 0.147 e. The standard InChI is InChI=1S/C25H23FN4S/c1-15-5-6-20-16(12-15)18-14-27-24-17(23(18)28-20)13-19(26)25(22(24)21-4-3-11-31-21)30-9-7-29(2)8-10-30/h3-6,11-14,27H,7-10H2,1-2H3. The molecule has 0 saturated carbocycles. The molecule has 0 aliphatic carbocycles. The van der Waals surface area contributed by atoms with Gasteiger partial charge in [0.1, 0.15) is 5.82 Å². The molecule has 1 aromatic heterocycles. The summed E-state index contributed by atoms with van der Waals surface area (Å²) in [4.78, 5) is 14.0. The van der Waals surface area contributed by atoms with E-state index in [1.807, 2.05) is 18.3 Å². The summed E-state index contributed by atoms with van der Waals surface area (Å²) < 4.78 is 15.8. The molecule has 0 spiro atoms. The summed E-state index contributed by atoms with van der Waals surface area (Å²) in [6.45, 7) is 5.58. The SMILES string of the molecule is Cc1ccc2nc3c4cc(F)c(N5CCN(C)CC5)c(-c5cccs5)c4[nH]cc-3c2c1. The Hall–Kier alpha value is -2.96. The molecule has 0 radical (unpaired) electrons. The van der Waals surface area contributed by atoms with Crippen LogP contribution in [0.1, 0.15) is 5.56 Å². The topological polar surface area (TPSA) is 35.2 Å². The van der Waals surface area contributed by atoms with Gasteiger partial charge in [0, 0.05) is 59.2 Å². The van der Waals surface area contributed by atoms with Crippen LogP contribution in [0.5, 0.6) is 0 Å². The van der Waals surface area contributed by atoms with Crippen LogP contribution < -0.4 is 4.90 Å². The first kappa shape index (κ1) is 18.8. The van der Waals surface area contributed by atoms with Gasteiger partial charge in [-0.1, -0.05) is 17.7 Å². The Kier molecular flexibility index (Phi) is 4.26. The Labute approximate surface area is 184 Å². The molecule has 6 heteroatoms. The number of nitrogens with one attached hydrogen (secondary N) is 1. The predicted octanol–water partition coefficient (Wildman–Crippen LogP) is 5.75. The van der Waals surface area contributed by atoms with Crippen LogP contribution in [0, 0.1) is 12.7 Å². The third-order valence-corrected chi connectivity index (χ3v) is 7.27. The molecule has 1 saturated heterocycles. The summed E-state index contributed by atoms with van der Waals surface area (Å²) in [5.41, 5.74) is 6.63. The summed E-state index contributed by atoms with van der Waals surface area (Å²) in [7, 11) is 2.12. The Bertz CT molecular complexity index is 1380. The molecule has 0 bridgehead atoms. The van der Waals surface area contributed by atoms with Gasteiger partial charge in [0.15, 0.2) is 0 Å². The van der Waals surface area contributed by atoms with Gasteiger partial charge in [-0.15, -0.1) is 11.3 Å². The molecule has 1 N–H and O–H groups in total. The molecular weight excluding hydrogens is 407 g/mol. The van der Waals surface area contributed by atoms with Gasteiger partial charge in [0.25, 0.3) is 0 Å². The molecule has 6 rings (SSSR count). The maximum Gasteiger partial charge on any atom is 0.147 e. The Morgan fingerprint density at radius 3 is 2.68 bits per heavy atom. The first-order chi connectivity index (χ1) is 15.1. The van der Waals surface area contributed by atoms with Crippen molar-refractivity contribution in [1.29, 1.82) is 0 Å². The van der Waals surface area contributed by atoms with Gasteiger partial charge in [-0.2, -0.15) is 0 Å². The molecule has 0 amide bonds. The number of thiophene rings is 1. The third-order valence-electron chi connectivity index (χ3n) is 6.39. The fourth-order valence-corrected chi connectivity index (χ4v) is 5.52. The van der Waals surface area contributed by atoms with Crippen LogP contribution in [0.25, 0.3) is 43.5 Å². The Morgan fingerprint density at radius 2 is 1.90 bits per heavy atom. The van der Waals surface area contributed by atoms with Crippen molar-refractivity contribution in [3.8, 4) is 21.7 Å². The minimum absolute atomic E-state index is 0.176. The zero-order valence-corrected chi connectivity index (χ0v) is 18.4. The van der Waals surface area contributed by atoms with Crippen LogP contribution in [-0.4, -0.2) is 48.1 Å². The van der Waals surface area contributed by atoms with Gasteiger partial charge in [0.05, 0.1) is 22.4 Å². The molecule has 2 aromatic carbocycles. The zero-order chi connectivity index (χ0) is 21.1. The summed E-state index contributed by atoms with van der Waals surface area (Å²) in [5, 5.41) is 4.00. The molecule has 3 aliphatic heterocycles. The predicted molar refractivity (Wildman–Crippen MR) is 128 cm³/mol. The Morgan fingerprint density at radius 1 is 1.06 bits per heavy atom. The number of nitrogens with zero attached hydrogens (tertiary/aromatic N) is 3. The fourth-order valence-electron chi connectivity index (χ4n) is 4.74. The molecule has 4 heterocycles. The summed E-state index contributed by atoms with van der Waals surface area (Å²) in [6, 6.07) is 12.1. The Balaban J connectivity index is 1.67. The van der Waals surface area contributed by atoms with Crippen LogP contribution >= 0.6 is 11.3 Å². The highest BCUT2D eigenvalue weighted by atomic mass is 32.1. The highest BCUT2D eigenvalue weighted by Gasteiger charge is 2.26. The first-order valence-corrected chi connectivity index (χ1v) is 11.5. The number of likely N-dealkylation sites (N-methyl/N-ethyl adjacent to an activating group) is 1. The molecule has 0 atom stereocenters. The van der Waals surface area contributed by atoms with Crippen LogP contribution in [0.15, 0.2) is 48.0 Å². The molecule has 1 fully saturated rings. The van der Waals surface area contributed by atoms with Crippen molar-refractivity contribution in [1.82, 2.24) is 14.9 Å². The molecule has 156 valence electrons. The van der Waals surface area contributed by atoms with E-state index in [-0.39, 0.29) is 5.82 Å². The number of piperazine rings is 1. The minimum Gasteiger partial charge on any atom is -0.366 e. The number of benzene rings is 2. The van der Waals surface area contributed by atoms with E-state index < -0.39 is 0 Å². The lowest BCUT2D eigenvalue weighted by molar-refractivity contribution is 0.312. The van der Waals surface area contributed by atoms with E-state index in [1.54, 1.807) is 17.4 Å². The third kappa shape index (κ3) is 2.93. The monoisotopic (exact) mass is 430 g/mol. The highest BCUT2D eigenvalue weighted by Crippen LogP contribution is 2.45. The van der Waals surface area contributed by atoms with Crippen molar-refractivity contribution >= 4 is 38.8 Å². The second-order valence-electron chi connectivity index (χ2n) is 8.46. The maximum atomic E-state index is 15.8. The van der Waals surface area contributed by atoms with Crippen LogP contribution in [0.4, 0.5) is 10.1 Å². The largest absolute Gasteiger partial charge is 0.366 e. The molecule has 0 unspecified atom stereocenters. The molecule has 3 aliphatic rings. The second-order valence-corrected chi connectivity index (χ2v) is 9.40. The maximum absolute atomic E-state index is 15.8. The van der Waals surface area contributed by atoms with Crippen LogP contribution in [0.2, 0.25) is 0 Å². The second kappa shape index (κ2) is 7.04. The van der Waals surface area contributed by atoms with Gasteiger partial charge in [-0.3, -0.25) is 0 Å². The van der Waals surface area contributed by atoms with Crippen LogP contribution in [-0.2, 0) is 0 Å². The number of hydrogen-bond acceptors (Lipinski definition) is 4. The lowest BCUT2D eigenvalue weighted by Crippen LogP contribution is -2.45. The van der Waals surface area contributed by atoms with Crippen molar-refractivity contribution in [2.24, 2.45) is 0 Å². The van der Waals surface area contributed by atoms with E-state index in [0.717, 1.165) is 69.7 Å². The average molecular weight is 431 g/mol. The van der Waals surface area contributed by atoms with Gasteiger partial charge in [0.2, 0.25) is 0 Å². The lowest BCUT2D eigenvalue weighted by Gasteiger charge is -2.35. The van der Waals surface area contributed by atoms with E-state index in [2.05, 4.69) is 52.3 Å². The van der Waals surface area contributed by atoms with Gasteiger partial charge in [-0.05, 0) is 43.6 Å². The van der Waals surface area contributed by atoms with E-state index in [9.17, 15) is 0 Å². The number of aryl methyl sites for hydroxylation is 1. The molecule has 31 heavy (non-hydrogen) atoms. The van der Waals surface area contributed by atoms with E-state index >= 15 is 4.39 Å². The molecule has 3 aromatic rings. The van der Waals surface area contributed by atoms with Crippen LogP contribution in [0.3, 0.4) is 0 Å². The summed E-state index contributed by atoms with van der Waals surface area (Å²) in [5.74, 6) is -0.176. The number of hydrogen-bond donors (Lipinski definition) is 1. The quantitative estimate of drug-likeness (QED) is 0.387. The van der Waals surface area contributed by atoms with E-state index in [4.69, 9.17) is 4.98 Å². The lowest BCUT2D eigenvalue weighted by atomic mass is 9.99. The van der Waals surface area contributed by atoms with E-state index in [0.29, 0.717) is 5.69 Å². The van der Waals surface area contributed by atoms with Crippen molar-refractivity contribution < 1.29 is 4.39 Å². The number of fused-ring (bicyclic) bond motifs is 5. The van der Waals surface area contributed by atoms with Crippen molar-refractivity contribution in [3.63, 3.8) is 0 Å². The number of aromatic nitrogens is 2. The summed E-state index contributed by atoms with van der Waals surface area (Å²) >= 11 is 1.65. The number of H-pyrrole nitrogens is 1. The molecular formula is C25H23FN4S. The average Bonchev–Trinajstić information content (AvgIpc) is 3.42. The van der Waals surface area contributed by atoms with Crippen molar-refractivity contribution in [3.05, 3.63) is 59.4 Å². The number of anilines is 1. The first-order valence-electron chi connectivity index (χ1n) is 10.6. The number of rotatable bonds is 2. The number of pyridine rings is 1. The van der Waals surface area contributed by atoms with E-state index in [1.165, 1.54) is 5.56 Å². The van der Waals surface area contributed by atoms with Crippen molar-refractivity contribution in [2.45, 2.75) is 6.92 Å². The van der Waals surface area contributed by atoms with Gasteiger partial charge in [-0.25, -0.2) is 9.37 Å². The fraction of sp³-hybridized carbons (Fsp3) is 0.240. The minimum atomic E-state index is -0.176. The molecule has 4 nitrogen and oxygen atoms in total. The number of halogens is 1. The highest BCUT2D eigenvalue weighted by molar-refractivity contribution is 7.13. The van der Waals surface area contributed by atoms with Gasteiger partial charge < -0.3 is 14.8 Å². The number of aromatic amines is 1. The zero-order valence-electron chi connectivity index (χ0n) is 17.6. The summed E-state index contributed by atoms with van der Waals surface area (Å²) in [6.07, 6.45) is 2.04. The van der Waals surface area contributed by atoms with Crippen molar-refractivity contribution in [2.75, 3.05) is 38.1 Å².